The molecule has 28 heavy (non-hydrogen) atoms. The second-order valence-electron chi connectivity index (χ2n) is 8.75. The van der Waals surface area contributed by atoms with Gasteiger partial charge in [-0.25, -0.2) is 4.68 Å². The first-order valence-corrected chi connectivity index (χ1v) is 10.5. The van der Waals surface area contributed by atoms with Crippen molar-refractivity contribution in [3.63, 3.8) is 0 Å². The summed E-state index contributed by atoms with van der Waals surface area (Å²) in [6, 6.07) is -0.170. The highest BCUT2D eigenvalue weighted by molar-refractivity contribution is 6.21. The molecular formula is C19H25ClN6O2. The Morgan fingerprint density at radius 1 is 1.36 bits per heavy atom. The minimum atomic E-state index is -0.465. The number of hydrogen-bond acceptors (Lipinski definition) is 5. The smallest absolute Gasteiger partial charge is 0.263 e. The number of halogens is 1. The van der Waals surface area contributed by atoms with Crippen molar-refractivity contribution in [3.05, 3.63) is 16.6 Å². The standard InChI is InChI=1S/C19H25ClN6O2/c1-11(17(28)25-9-19(10-25)6-12(20)7-19)22-18-23-15-14(16(27)24-18)8-21-26(15)13-4-2-3-5-13/h8,11-13H,2-7,9-10H2,1H3,(H2,22,23,24,27)/t11-/m1/s1. The van der Waals surface area contributed by atoms with Gasteiger partial charge in [0.25, 0.3) is 5.56 Å². The summed E-state index contributed by atoms with van der Waals surface area (Å²) in [4.78, 5) is 34.3. The van der Waals surface area contributed by atoms with Crippen LogP contribution in [0.4, 0.5) is 5.95 Å². The highest BCUT2D eigenvalue weighted by atomic mass is 35.5. The molecule has 3 fully saturated rings. The molecule has 8 nitrogen and oxygen atoms in total. The summed E-state index contributed by atoms with van der Waals surface area (Å²) in [5.74, 6) is 0.341. The molecule has 5 rings (SSSR count). The Morgan fingerprint density at radius 3 is 2.75 bits per heavy atom. The first-order chi connectivity index (χ1) is 13.4. The number of aromatic amines is 1. The lowest BCUT2D eigenvalue weighted by molar-refractivity contribution is -0.149. The predicted molar refractivity (Wildman–Crippen MR) is 107 cm³/mol. The summed E-state index contributed by atoms with van der Waals surface area (Å²) in [5.41, 5.74) is 0.603. The Bertz CT molecular complexity index is 964. The van der Waals surface area contributed by atoms with Gasteiger partial charge in [0.05, 0.1) is 12.2 Å². The molecule has 1 saturated heterocycles. The highest BCUT2D eigenvalue weighted by Crippen LogP contribution is 2.50. The van der Waals surface area contributed by atoms with Gasteiger partial charge in [0, 0.05) is 23.9 Å². The number of rotatable bonds is 4. The molecule has 0 radical (unpaired) electrons. The fraction of sp³-hybridized carbons (Fsp3) is 0.684. The minimum absolute atomic E-state index is 0.0238. The molecule has 1 atom stereocenters. The first-order valence-electron chi connectivity index (χ1n) is 10.1. The van der Waals surface area contributed by atoms with Gasteiger partial charge in [-0.3, -0.25) is 14.6 Å². The second-order valence-corrected chi connectivity index (χ2v) is 9.36. The minimum Gasteiger partial charge on any atom is -0.344 e. The van der Waals surface area contributed by atoms with E-state index >= 15 is 0 Å². The highest BCUT2D eigenvalue weighted by Gasteiger charge is 2.53. The Morgan fingerprint density at radius 2 is 2.07 bits per heavy atom. The number of carbonyl (C=O) groups is 1. The van der Waals surface area contributed by atoms with Crippen LogP contribution in [0.25, 0.3) is 11.0 Å². The first kappa shape index (κ1) is 18.0. The van der Waals surface area contributed by atoms with Crippen LogP contribution in [0.3, 0.4) is 0 Å². The summed E-state index contributed by atoms with van der Waals surface area (Å²) >= 11 is 6.09. The van der Waals surface area contributed by atoms with E-state index in [9.17, 15) is 9.59 Å². The lowest BCUT2D eigenvalue weighted by Gasteiger charge is -2.58. The topological polar surface area (TPSA) is 95.9 Å². The maximum absolute atomic E-state index is 12.7. The molecule has 2 aliphatic carbocycles. The average Bonchev–Trinajstić information content (AvgIpc) is 3.25. The van der Waals surface area contributed by atoms with E-state index in [-0.39, 0.29) is 22.3 Å². The number of anilines is 1. The van der Waals surface area contributed by atoms with E-state index < -0.39 is 6.04 Å². The van der Waals surface area contributed by atoms with E-state index in [2.05, 4.69) is 20.4 Å². The number of fused-ring (bicyclic) bond motifs is 1. The average molecular weight is 405 g/mol. The van der Waals surface area contributed by atoms with Crippen molar-refractivity contribution >= 4 is 34.5 Å². The maximum atomic E-state index is 12.7. The molecule has 0 bridgehead atoms. The van der Waals surface area contributed by atoms with Crippen molar-refractivity contribution in [1.82, 2.24) is 24.6 Å². The fourth-order valence-corrected chi connectivity index (χ4v) is 5.67. The number of amides is 1. The van der Waals surface area contributed by atoms with Crippen LogP contribution in [0.2, 0.25) is 0 Å². The molecule has 3 heterocycles. The van der Waals surface area contributed by atoms with E-state index in [4.69, 9.17) is 11.6 Å². The van der Waals surface area contributed by atoms with Gasteiger partial charge in [-0.2, -0.15) is 10.1 Å². The number of nitrogens with one attached hydrogen (secondary N) is 2. The van der Waals surface area contributed by atoms with Crippen molar-refractivity contribution < 1.29 is 4.79 Å². The van der Waals surface area contributed by atoms with E-state index in [1.54, 1.807) is 13.1 Å². The van der Waals surface area contributed by atoms with Crippen LogP contribution >= 0.6 is 11.6 Å². The molecule has 2 N–H and O–H groups in total. The van der Waals surface area contributed by atoms with Gasteiger partial charge in [0.2, 0.25) is 11.9 Å². The van der Waals surface area contributed by atoms with Gasteiger partial charge < -0.3 is 10.2 Å². The van der Waals surface area contributed by atoms with Gasteiger partial charge in [-0.1, -0.05) is 12.8 Å². The lowest BCUT2D eigenvalue weighted by atomic mass is 9.63. The molecule has 0 unspecified atom stereocenters. The Labute approximate surface area is 167 Å². The summed E-state index contributed by atoms with van der Waals surface area (Å²) in [6.07, 6.45) is 8.04. The van der Waals surface area contributed by atoms with Crippen LogP contribution in [0, 0.1) is 5.41 Å². The van der Waals surface area contributed by atoms with Crippen molar-refractivity contribution in [2.24, 2.45) is 5.41 Å². The van der Waals surface area contributed by atoms with E-state index in [1.807, 2.05) is 9.58 Å². The Hall–Kier alpha value is -2.09. The molecule has 150 valence electrons. The maximum Gasteiger partial charge on any atom is 0.263 e. The third kappa shape index (κ3) is 2.89. The predicted octanol–water partition coefficient (Wildman–Crippen LogP) is 2.26. The number of alkyl halides is 1. The second kappa shape index (κ2) is 6.47. The van der Waals surface area contributed by atoms with Gasteiger partial charge in [0.15, 0.2) is 5.65 Å². The molecular weight excluding hydrogens is 380 g/mol. The van der Waals surface area contributed by atoms with Gasteiger partial charge in [-0.05, 0) is 32.6 Å². The SMILES string of the molecule is C[C@@H](Nc1nc2c(cnn2C2CCCC2)c(=O)[nH]1)C(=O)N1CC2(CC(Cl)C2)C1. The molecule has 1 aliphatic heterocycles. The zero-order valence-electron chi connectivity index (χ0n) is 15.9. The Balaban J connectivity index is 1.31. The number of hydrogen-bond donors (Lipinski definition) is 2. The number of nitrogens with zero attached hydrogens (tertiary/aromatic N) is 4. The van der Waals surface area contributed by atoms with Crippen LogP contribution in [0.5, 0.6) is 0 Å². The summed E-state index contributed by atoms with van der Waals surface area (Å²) in [7, 11) is 0. The molecule has 1 spiro atoms. The third-order valence-electron chi connectivity index (χ3n) is 6.53. The molecule has 3 aliphatic rings. The molecule has 2 aromatic heterocycles. The fourth-order valence-electron chi connectivity index (χ4n) is 5.02. The van der Waals surface area contributed by atoms with Crippen LogP contribution < -0.4 is 10.9 Å². The summed E-state index contributed by atoms with van der Waals surface area (Å²) in [5, 5.41) is 8.23. The van der Waals surface area contributed by atoms with Gasteiger partial charge >= 0.3 is 0 Å². The number of carbonyl (C=O) groups excluding carboxylic acids is 1. The largest absolute Gasteiger partial charge is 0.344 e. The van der Waals surface area contributed by atoms with Gasteiger partial charge in [-0.15, -0.1) is 11.6 Å². The molecule has 2 aromatic rings. The number of H-pyrrole nitrogens is 1. The zero-order chi connectivity index (χ0) is 19.5. The van der Waals surface area contributed by atoms with Crippen LogP contribution in [0.15, 0.2) is 11.0 Å². The van der Waals surface area contributed by atoms with E-state index in [0.717, 1.165) is 38.8 Å². The van der Waals surface area contributed by atoms with Crippen LogP contribution in [0.1, 0.15) is 51.5 Å². The quantitative estimate of drug-likeness (QED) is 0.762. The lowest BCUT2D eigenvalue weighted by Crippen LogP contribution is -2.65. The Kier molecular flexibility index (Phi) is 4.15. The third-order valence-corrected chi connectivity index (χ3v) is 6.84. The zero-order valence-corrected chi connectivity index (χ0v) is 16.7. The van der Waals surface area contributed by atoms with Crippen LogP contribution in [-0.4, -0.2) is 55.1 Å². The van der Waals surface area contributed by atoms with Crippen molar-refractivity contribution in [3.8, 4) is 0 Å². The van der Waals surface area contributed by atoms with E-state index in [0.29, 0.717) is 23.0 Å². The number of likely N-dealkylation sites (tertiary alicyclic amines) is 1. The molecule has 1 amide bonds. The van der Waals surface area contributed by atoms with Crippen LogP contribution in [-0.2, 0) is 4.79 Å². The summed E-state index contributed by atoms with van der Waals surface area (Å²) in [6.45, 7) is 3.36. The van der Waals surface area contributed by atoms with Crippen molar-refractivity contribution in [2.45, 2.75) is 62.9 Å². The van der Waals surface area contributed by atoms with Crippen molar-refractivity contribution in [2.75, 3.05) is 18.4 Å². The van der Waals surface area contributed by atoms with Gasteiger partial charge in [0.1, 0.15) is 11.4 Å². The number of aromatic nitrogens is 4. The normalized spacial score (nSPS) is 23.0. The molecule has 2 saturated carbocycles. The molecule has 9 heteroatoms. The summed E-state index contributed by atoms with van der Waals surface area (Å²) < 4.78 is 1.87. The van der Waals surface area contributed by atoms with Crippen molar-refractivity contribution in [1.29, 1.82) is 0 Å². The monoisotopic (exact) mass is 404 g/mol. The van der Waals surface area contributed by atoms with E-state index in [1.165, 1.54) is 12.8 Å². The molecule has 0 aromatic carbocycles.